The molecule has 0 bridgehead atoms. The Morgan fingerprint density at radius 3 is 2.82 bits per heavy atom. The molecule has 0 aliphatic carbocycles. The van der Waals surface area contributed by atoms with Crippen LogP contribution >= 0.6 is 11.3 Å². The maximum Gasteiger partial charge on any atom is 0.328 e. The summed E-state index contributed by atoms with van der Waals surface area (Å²) in [5.74, 6) is 0.541. The van der Waals surface area contributed by atoms with Crippen LogP contribution in [0.3, 0.4) is 0 Å². The van der Waals surface area contributed by atoms with Crippen LogP contribution in [-0.4, -0.2) is 38.8 Å². The third-order valence-corrected chi connectivity index (χ3v) is 5.68. The lowest BCUT2D eigenvalue weighted by Gasteiger charge is -2.26. The molecule has 2 aliphatic heterocycles. The molecule has 2 saturated heterocycles. The van der Waals surface area contributed by atoms with Gasteiger partial charge in [-0.05, 0) is 25.2 Å². The van der Waals surface area contributed by atoms with Crippen LogP contribution in [0.4, 0.5) is 4.79 Å². The lowest BCUT2D eigenvalue weighted by atomic mass is 9.93. The average molecular weight is 321 g/mol. The molecular weight excluding hydrogens is 298 g/mol. The first kappa shape index (κ1) is 15.5. The third kappa shape index (κ3) is 2.33. The second-order valence-corrected chi connectivity index (χ2v) is 7.83. The highest BCUT2D eigenvalue weighted by atomic mass is 32.1. The number of imide groups is 1. The highest BCUT2D eigenvalue weighted by Gasteiger charge is 2.58. The summed E-state index contributed by atoms with van der Waals surface area (Å²) in [5.41, 5.74) is -0.567. The largest absolute Gasteiger partial charge is 0.328 e. The normalized spacial score (nSPS) is 24.7. The van der Waals surface area contributed by atoms with E-state index in [1.165, 1.54) is 4.90 Å². The van der Waals surface area contributed by atoms with Crippen LogP contribution in [0.2, 0.25) is 0 Å². The second kappa shape index (κ2) is 5.65. The van der Waals surface area contributed by atoms with E-state index in [0.717, 1.165) is 29.1 Å². The van der Waals surface area contributed by atoms with Crippen molar-refractivity contribution in [2.45, 2.75) is 58.5 Å². The Balaban J connectivity index is 1.77. The van der Waals surface area contributed by atoms with Crippen LogP contribution < -0.4 is 0 Å². The summed E-state index contributed by atoms with van der Waals surface area (Å²) in [4.78, 5) is 34.0. The van der Waals surface area contributed by atoms with E-state index in [2.05, 4.69) is 18.8 Å². The molecule has 120 valence electrons. The minimum atomic E-state index is -0.567. The molecule has 1 aromatic heterocycles. The van der Waals surface area contributed by atoms with Gasteiger partial charge in [0.25, 0.3) is 5.91 Å². The van der Waals surface area contributed by atoms with E-state index >= 15 is 0 Å². The van der Waals surface area contributed by atoms with E-state index in [1.807, 2.05) is 13.1 Å². The van der Waals surface area contributed by atoms with Gasteiger partial charge in [0.15, 0.2) is 0 Å². The molecule has 2 aliphatic rings. The summed E-state index contributed by atoms with van der Waals surface area (Å²) in [5, 5.41) is 1.08. The van der Waals surface area contributed by atoms with Gasteiger partial charge in [0.1, 0.15) is 5.54 Å². The molecule has 0 saturated carbocycles. The molecule has 1 aromatic rings. The van der Waals surface area contributed by atoms with E-state index in [4.69, 9.17) is 0 Å². The molecule has 6 heteroatoms. The third-order valence-electron chi connectivity index (χ3n) is 4.68. The number of fused-ring (bicyclic) bond motifs is 1. The molecule has 3 rings (SSSR count). The number of urea groups is 1. The number of hydrogen-bond acceptors (Lipinski definition) is 4. The predicted octanol–water partition coefficient (Wildman–Crippen LogP) is 3.05. The lowest BCUT2D eigenvalue weighted by Crippen LogP contribution is -2.44. The molecule has 5 nitrogen and oxygen atoms in total. The molecule has 0 radical (unpaired) electrons. The molecule has 0 aromatic carbocycles. The Morgan fingerprint density at radius 1 is 1.41 bits per heavy atom. The second-order valence-electron chi connectivity index (χ2n) is 6.63. The Bertz CT molecular complexity index is 598. The standard InChI is InChI=1S/C16H23N3O2S/c1-4-16-6-5-7-19(16)15(21)18(14(16)20)10-12-9-17-13(22-12)8-11(2)3/h9,11H,4-8,10H2,1-3H3/t16-/m1/s1. The van der Waals surface area contributed by atoms with Gasteiger partial charge in [-0.2, -0.15) is 0 Å². The summed E-state index contributed by atoms with van der Waals surface area (Å²) in [6, 6.07) is -0.122. The van der Waals surface area contributed by atoms with Gasteiger partial charge in [-0.3, -0.25) is 9.69 Å². The number of hydrogen-bond donors (Lipinski definition) is 0. The van der Waals surface area contributed by atoms with Crippen LogP contribution in [-0.2, 0) is 17.8 Å². The highest BCUT2D eigenvalue weighted by Crippen LogP contribution is 2.40. The predicted molar refractivity (Wildman–Crippen MR) is 85.6 cm³/mol. The topological polar surface area (TPSA) is 53.5 Å². The van der Waals surface area contributed by atoms with Crippen molar-refractivity contribution in [3.8, 4) is 0 Å². The van der Waals surface area contributed by atoms with Crippen molar-refractivity contribution in [2.75, 3.05) is 6.54 Å². The number of thiazole rings is 1. The summed E-state index contributed by atoms with van der Waals surface area (Å²) in [6.07, 6.45) is 5.18. The van der Waals surface area contributed by atoms with Crippen LogP contribution in [0.15, 0.2) is 6.20 Å². The fraction of sp³-hybridized carbons (Fsp3) is 0.688. The summed E-state index contributed by atoms with van der Waals surface area (Å²) in [6.45, 7) is 7.39. The quantitative estimate of drug-likeness (QED) is 0.783. The number of amides is 3. The zero-order valence-electron chi connectivity index (χ0n) is 13.5. The maximum absolute atomic E-state index is 12.8. The highest BCUT2D eigenvalue weighted by molar-refractivity contribution is 7.11. The van der Waals surface area contributed by atoms with Crippen LogP contribution in [0.5, 0.6) is 0 Å². The van der Waals surface area contributed by atoms with Crippen molar-refractivity contribution in [3.05, 3.63) is 16.1 Å². The van der Waals surface area contributed by atoms with Crippen LogP contribution in [0.25, 0.3) is 0 Å². The molecular formula is C16H23N3O2S. The SMILES string of the molecule is CC[C@]12CCCN1C(=O)N(Cc1cnc(CC(C)C)s1)C2=O. The van der Waals surface area contributed by atoms with Crippen molar-refractivity contribution in [3.63, 3.8) is 0 Å². The van der Waals surface area contributed by atoms with Crippen molar-refractivity contribution in [1.29, 1.82) is 0 Å². The number of aromatic nitrogens is 1. The first-order valence-electron chi connectivity index (χ1n) is 8.05. The number of carbonyl (C=O) groups excluding carboxylic acids is 2. The van der Waals surface area contributed by atoms with Crippen LogP contribution in [0.1, 0.15) is 49.9 Å². The Labute approximate surface area is 135 Å². The maximum atomic E-state index is 12.8. The van der Waals surface area contributed by atoms with Gasteiger partial charge in [-0.1, -0.05) is 20.8 Å². The number of rotatable bonds is 5. The summed E-state index contributed by atoms with van der Waals surface area (Å²) >= 11 is 1.61. The zero-order valence-corrected chi connectivity index (χ0v) is 14.3. The van der Waals surface area contributed by atoms with Crippen molar-refractivity contribution >= 4 is 23.3 Å². The van der Waals surface area contributed by atoms with Gasteiger partial charge in [0, 0.05) is 24.0 Å². The van der Waals surface area contributed by atoms with Gasteiger partial charge in [-0.25, -0.2) is 9.78 Å². The van der Waals surface area contributed by atoms with Gasteiger partial charge in [-0.15, -0.1) is 11.3 Å². The zero-order chi connectivity index (χ0) is 15.9. The summed E-state index contributed by atoms with van der Waals surface area (Å²) < 4.78 is 0. The molecule has 3 amide bonds. The van der Waals surface area contributed by atoms with E-state index in [9.17, 15) is 9.59 Å². The van der Waals surface area contributed by atoms with Crippen molar-refractivity contribution in [2.24, 2.45) is 5.92 Å². The average Bonchev–Trinajstić information content (AvgIpc) is 3.13. The van der Waals surface area contributed by atoms with Gasteiger partial charge in [0.05, 0.1) is 11.6 Å². The fourth-order valence-electron chi connectivity index (χ4n) is 3.54. The lowest BCUT2D eigenvalue weighted by molar-refractivity contribution is -0.133. The molecule has 0 spiro atoms. The van der Waals surface area contributed by atoms with Crippen LogP contribution in [0, 0.1) is 5.92 Å². The van der Waals surface area contributed by atoms with Crippen molar-refractivity contribution in [1.82, 2.24) is 14.8 Å². The monoisotopic (exact) mass is 321 g/mol. The molecule has 3 heterocycles. The Morgan fingerprint density at radius 2 is 2.18 bits per heavy atom. The van der Waals surface area contributed by atoms with Gasteiger partial charge < -0.3 is 4.90 Å². The van der Waals surface area contributed by atoms with Gasteiger partial charge >= 0.3 is 6.03 Å². The Hall–Kier alpha value is -1.43. The number of nitrogens with zero attached hydrogens (tertiary/aromatic N) is 3. The molecule has 2 fully saturated rings. The smallest absolute Gasteiger partial charge is 0.310 e. The van der Waals surface area contributed by atoms with E-state index in [0.29, 0.717) is 25.4 Å². The van der Waals surface area contributed by atoms with E-state index < -0.39 is 5.54 Å². The van der Waals surface area contributed by atoms with Gasteiger partial charge in [0.2, 0.25) is 0 Å². The fourth-order valence-corrected chi connectivity index (χ4v) is 4.67. The first-order chi connectivity index (χ1) is 10.5. The van der Waals surface area contributed by atoms with Crippen molar-refractivity contribution < 1.29 is 9.59 Å². The van der Waals surface area contributed by atoms with E-state index in [1.54, 1.807) is 16.2 Å². The van der Waals surface area contributed by atoms with E-state index in [-0.39, 0.29) is 11.9 Å². The number of carbonyl (C=O) groups is 2. The molecule has 0 unspecified atom stereocenters. The minimum absolute atomic E-state index is 0.0173. The first-order valence-corrected chi connectivity index (χ1v) is 8.86. The minimum Gasteiger partial charge on any atom is -0.310 e. The molecule has 22 heavy (non-hydrogen) atoms. The molecule has 1 atom stereocenters. The molecule has 0 N–H and O–H groups in total. The Kier molecular flexibility index (Phi) is 3.97. The summed E-state index contributed by atoms with van der Waals surface area (Å²) in [7, 11) is 0.